The number of nitrogens with two attached hydrogens (primary N) is 1. The number of ether oxygens (including phenoxy) is 1. The molecule has 0 aliphatic rings. The maximum Gasteiger partial charge on any atom is 0.119 e. The number of methoxy groups -OCH3 is 1. The molecular formula is C17H21NO. The standard InChI is InChI=1S/C17H21NO/c1-13-5-3-6-14(9-13)10-16(12-18)15-7-4-8-17(11-15)19-2/h3-9,11,16H,10,12,18H2,1-2H3. The van der Waals surface area contributed by atoms with Gasteiger partial charge in [0.05, 0.1) is 7.11 Å². The summed E-state index contributed by atoms with van der Waals surface area (Å²) >= 11 is 0. The fourth-order valence-electron chi connectivity index (χ4n) is 2.36. The maximum absolute atomic E-state index is 5.94. The summed E-state index contributed by atoms with van der Waals surface area (Å²) < 4.78 is 5.28. The molecule has 2 heteroatoms. The minimum absolute atomic E-state index is 0.330. The van der Waals surface area contributed by atoms with Crippen molar-refractivity contribution >= 4 is 0 Å². The van der Waals surface area contributed by atoms with Crippen LogP contribution in [0.5, 0.6) is 5.75 Å². The first-order valence-corrected chi connectivity index (χ1v) is 6.62. The van der Waals surface area contributed by atoms with E-state index < -0.39 is 0 Å². The number of hydrogen-bond donors (Lipinski definition) is 1. The van der Waals surface area contributed by atoms with Crippen LogP contribution >= 0.6 is 0 Å². The van der Waals surface area contributed by atoms with Crippen LogP contribution < -0.4 is 10.5 Å². The summed E-state index contributed by atoms with van der Waals surface area (Å²) in [4.78, 5) is 0. The smallest absolute Gasteiger partial charge is 0.119 e. The second-order valence-corrected chi connectivity index (χ2v) is 4.90. The first-order chi connectivity index (χ1) is 9.22. The van der Waals surface area contributed by atoms with E-state index >= 15 is 0 Å². The highest BCUT2D eigenvalue weighted by atomic mass is 16.5. The topological polar surface area (TPSA) is 35.2 Å². The zero-order valence-electron chi connectivity index (χ0n) is 11.6. The summed E-state index contributed by atoms with van der Waals surface area (Å²) in [7, 11) is 1.69. The van der Waals surface area contributed by atoms with Crippen molar-refractivity contribution in [1.82, 2.24) is 0 Å². The molecule has 0 radical (unpaired) electrons. The lowest BCUT2D eigenvalue weighted by molar-refractivity contribution is 0.413. The van der Waals surface area contributed by atoms with Crippen molar-refractivity contribution in [3.63, 3.8) is 0 Å². The summed E-state index contributed by atoms with van der Waals surface area (Å²) in [6.07, 6.45) is 0.964. The number of aryl methyl sites for hydroxylation is 1. The fraction of sp³-hybridized carbons (Fsp3) is 0.294. The van der Waals surface area contributed by atoms with Gasteiger partial charge in [-0.05, 0) is 43.1 Å². The quantitative estimate of drug-likeness (QED) is 0.889. The molecule has 2 nitrogen and oxygen atoms in total. The lowest BCUT2D eigenvalue weighted by Crippen LogP contribution is -2.15. The Hall–Kier alpha value is -1.80. The zero-order chi connectivity index (χ0) is 13.7. The fourth-order valence-corrected chi connectivity index (χ4v) is 2.36. The zero-order valence-corrected chi connectivity index (χ0v) is 11.6. The van der Waals surface area contributed by atoms with Crippen molar-refractivity contribution < 1.29 is 4.74 Å². The van der Waals surface area contributed by atoms with E-state index in [-0.39, 0.29) is 0 Å². The van der Waals surface area contributed by atoms with Crippen molar-refractivity contribution in [3.05, 3.63) is 65.2 Å². The lowest BCUT2D eigenvalue weighted by atomic mass is 9.91. The molecule has 0 aliphatic carbocycles. The molecule has 0 saturated heterocycles. The second kappa shape index (κ2) is 6.39. The predicted octanol–water partition coefficient (Wildman–Crippen LogP) is 3.29. The number of benzene rings is 2. The molecule has 0 fully saturated rings. The van der Waals surface area contributed by atoms with Gasteiger partial charge >= 0.3 is 0 Å². The van der Waals surface area contributed by atoms with Gasteiger partial charge in [0.2, 0.25) is 0 Å². The Bertz CT molecular complexity index is 536. The van der Waals surface area contributed by atoms with Gasteiger partial charge in [0.15, 0.2) is 0 Å². The first-order valence-electron chi connectivity index (χ1n) is 6.62. The molecule has 2 aromatic carbocycles. The predicted molar refractivity (Wildman–Crippen MR) is 79.7 cm³/mol. The summed E-state index contributed by atoms with van der Waals surface area (Å²) in [6.45, 7) is 2.76. The van der Waals surface area contributed by atoms with Crippen molar-refractivity contribution in [2.45, 2.75) is 19.3 Å². The van der Waals surface area contributed by atoms with Crippen LogP contribution in [0.15, 0.2) is 48.5 Å². The highest BCUT2D eigenvalue weighted by molar-refractivity contribution is 5.33. The van der Waals surface area contributed by atoms with Crippen LogP contribution in [-0.4, -0.2) is 13.7 Å². The third kappa shape index (κ3) is 3.58. The molecule has 100 valence electrons. The molecule has 0 aromatic heterocycles. The van der Waals surface area contributed by atoms with E-state index in [0.29, 0.717) is 12.5 Å². The van der Waals surface area contributed by atoms with E-state index in [1.165, 1.54) is 16.7 Å². The third-order valence-corrected chi connectivity index (χ3v) is 3.41. The van der Waals surface area contributed by atoms with Crippen LogP contribution in [0, 0.1) is 6.92 Å². The number of hydrogen-bond acceptors (Lipinski definition) is 2. The number of rotatable bonds is 5. The lowest BCUT2D eigenvalue weighted by Gasteiger charge is -2.16. The molecule has 0 amide bonds. The highest BCUT2D eigenvalue weighted by Gasteiger charge is 2.11. The molecule has 0 bridgehead atoms. The van der Waals surface area contributed by atoms with E-state index in [1.807, 2.05) is 12.1 Å². The molecule has 1 unspecified atom stereocenters. The minimum atomic E-state index is 0.330. The summed E-state index contributed by atoms with van der Waals surface area (Å²) in [5, 5.41) is 0. The van der Waals surface area contributed by atoms with Crippen LogP contribution in [0.1, 0.15) is 22.6 Å². The Kier molecular flexibility index (Phi) is 4.58. The Morgan fingerprint density at radius 2 is 1.89 bits per heavy atom. The van der Waals surface area contributed by atoms with Gasteiger partial charge in [0.1, 0.15) is 5.75 Å². The van der Waals surface area contributed by atoms with Gasteiger partial charge in [0, 0.05) is 5.92 Å². The maximum atomic E-state index is 5.94. The van der Waals surface area contributed by atoms with E-state index in [4.69, 9.17) is 10.5 Å². The van der Waals surface area contributed by atoms with E-state index in [0.717, 1.165) is 12.2 Å². The minimum Gasteiger partial charge on any atom is -0.497 e. The second-order valence-electron chi connectivity index (χ2n) is 4.90. The highest BCUT2D eigenvalue weighted by Crippen LogP contribution is 2.24. The summed E-state index contributed by atoms with van der Waals surface area (Å²) in [5.74, 6) is 1.22. The molecule has 0 saturated carbocycles. The SMILES string of the molecule is COc1cccc(C(CN)Cc2cccc(C)c2)c1. The monoisotopic (exact) mass is 255 g/mol. The summed E-state index contributed by atoms with van der Waals surface area (Å²) in [6, 6.07) is 16.8. The van der Waals surface area contributed by atoms with Gasteiger partial charge in [-0.15, -0.1) is 0 Å². The van der Waals surface area contributed by atoms with E-state index in [1.54, 1.807) is 7.11 Å². The molecule has 0 aliphatic heterocycles. The molecule has 1 atom stereocenters. The van der Waals surface area contributed by atoms with Gasteiger partial charge in [-0.2, -0.15) is 0 Å². The van der Waals surface area contributed by atoms with E-state index in [9.17, 15) is 0 Å². The van der Waals surface area contributed by atoms with Gasteiger partial charge in [-0.1, -0.05) is 42.0 Å². The van der Waals surface area contributed by atoms with Crippen LogP contribution in [0.2, 0.25) is 0 Å². The van der Waals surface area contributed by atoms with Gasteiger partial charge < -0.3 is 10.5 Å². The van der Waals surface area contributed by atoms with Crippen LogP contribution in [0.4, 0.5) is 0 Å². The Morgan fingerprint density at radius 1 is 1.11 bits per heavy atom. The normalized spacial score (nSPS) is 12.2. The molecule has 0 heterocycles. The largest absolute Gasteiger partial charge is 0.497 e. The molecule has 2 N–H and O–H groups in total. The van der Waals surface area contributed by atoms with Gasteiger partial charge in [-0.3, -0.25) is 0 Å². The molecule has 2 aromatic rings. The van der Waals surface area contributed by atoms with Crippen molar-refractivity contribution in [3.8, 4) is 5.75 Å². The van der Waals surface area contributed by atoms with Crippen LogP contribution in [-0.2, 0) is 6.42 Å². The van der Waals surface area contributed by atoms with Crippen LogP contribution in [0.3, 0.4) is 0 Å². The average Bonchev–Trinajstić information content (AvgIpc) is 2.45. The van der Waals surface area contributed by atoms with Crippen molar-refractivity contribution in [2.24, 2.45) is 5.73 Å². The van der Waals surface area contributed by atoms with Crippen LogP contribution in [0.25, 0.3) is 0 Å². The Balaban J connectivity index is 2.19. The van der Waals surface area contributed by atoms with Crippen molar-refractivity contribution in [2.75, 3.05) is 13.7 Å². The Labute approximate surface area is 115 Å². The van der Waals surface area contributed by atoms with E-state index in [2.05, 4.69) is 43.3 Å². The van der Waals surface area contributed by atoms with Gasteiger partial charge in [-0.25, -0.2) is 0 Å². The first kappa shape index (κ1) is 13.6. The van der Waals surface area contributed by atoms with Gasteiger partial charge in [0.25, 0.3) is 0 Å². The molecule has 19 heavy (non-hydrogen) atoms. The molecular weight excluding hydrogens is 234 g/mol. The Morgan fingerprint density at radius 3 is 2.58 bits per heavy atom. The molecule has 2 rings (SSSR count). The summed E-state index contributed by atoms with van der Waals surface area (Å²) in [5.41, 5.74) is 9.80. The molecule has 0 spiro atoms. The average molecular weight is 255 g/mol. The van der Waals surface area contributed by atoms with Crippen molar-refractivity contribution in [1.29, 1.82) is 0 Å². The third-order valence-electron chi connectivity index (χ3n) is 3.41.